The third-order valence-corrected chi connectivity index (χ3v) is 3.99. The molecule has 6 heteroatoms. The summed E-state index contributed by atoms with van der Waals surface area (Å²) in [6, 6.07) is 0. The molecule has 1 atom stereocenters. The van der Waals surface area contributed by atoms with Crippen LogP contribution in [-0.2, 0) is 9.05 Å². The fraction of sp³-hybridized carbons (Fsp3) is 1.00. The topological polar surface area (TPSA) is 41.9 Å². The van der Waals surface area contributed by atoms with Crippen LogP contribution in [0.2, 0.25) is 0 Å². The summed E-state index contributed by atoms with van der Waals surface area (Å²) in [5.74, 6) is 0. The van der Waals surface area contributed by atoms with Crippen LogP contribution in [-0.4, -0.2) is 34.1 Å². The Morgan fingerprint density at radius 2 is 1.76 bits per heavy atom. The molecule has 4 nitrogen and oxygen atoms in total. The molecule has 1 fully saturated rings. The molecule has 1 N–H and O–H groups in total. The van der Waals surface area contributed by atoms with Gasteiger partial charge in [-0.05, 0) is 47.5 Å². The Bertz CT molecular complexity index is 245. The normalized spacial score (nSPS) is 27.0. The second-order valence-corrected chi connectivity index (χ2v) is 6.60. The molecule has 0 radical (unpaired) electrons. The van der Waals surface area contributed by atoms with Gasteiger partial charge in [-0.2, -0.15) is 9.26 Å². The predicted octanol–water partition coefficient (Wildman–Crippen LogP) is 3.65. The minimum atomic E-state index is -2.30. The molecule has 1 aliphatic heterocycles. The monoisotopic (exact) mass is 267 g/mol. The van der Waals surface area contributed by atoms with Gasteiger partial charge in [-0.3, -0.25) is 0 Å². The molecule has 0 aromatic heterocycles. The molecular weight excluding hydrogens is 244 g/mol. The summed E-state index contributed by atoms with van der Waals surface area (Å²) in [4.78, 5) is 0. The van der Waals surface area contributed by atoms with E-state index in [0.717, 1.165) is 0 Å². The van der Waals surface area contributed by atoms with Crippen molar-refractivity contribution in [2.75, 3.05) is 6.61 Å². The van der Waals surface area contributed by atoms with E-state index in [9.17, 15) is 9.40 Å². The summed E-state index contributed by atoms with van der Waals surface area (Å²) in [5, 5.41) is 11.4. The Labute approximate surface area is 104 Å². The van der Waals surface area contributed by atoms with Crippen molar-refractivity contribution in [3.63, 3.8) is 0 Å². The summed E-state index contributed by atoms with van der Waals surface area (Å²) in [6.07, 6.45) is 0.956. The molecule has 0 aromatic rings. The molecular formula is C11H23FNO3P. The summed E-state index contributed by atoms with van der Waals surface area (Å²) >= 11 is 0. The van der Waals surface area contributed by atoms with Crippen LogP contribution in [0.4, 0.5) is 4.20 Å². The smallest absolute Gasteiger partial charge is 0.313 e. The number of hydroxylamine groups is 2. The summed E-state index contributed by atoms with van der Waals surface area (Å²) < 4.78 is 23.4. The first-order valence-corrected chi connectivity index (χ1v) is 7.00. The van der Waals surface area contributed by atoms with E-state index in [4.69, 9.17) is 9.05 Å². The van der Waals surface area contributed by atoms with E-state index < -0.39 is 19.8 Å². The predicted molar refractivity (Wildman–Crippen MR) is 65.5 cm³/mol. The number of hydrogen-bond donors (Lipinski definition) is 1. The fourth-order valence-electron chi connectivity index (χ4n) is 2.50. The van der Waals surface area contributed by atoms with Crippen molar-refractivity contribution in [2.45, 2.75) is 64.6 Å². The van der Waals surface area contributed by atoms with E-state index in [2.05, 4.69) is 0 Å². The van der Waals surface area contributed by atoms with Gasteiger partial charge in [-0.1, -0.05) is 0 Å². The quantitative estimate of drug-likeness (QED) is 0.789. The summed E-state index contributed by atoms with van der Waals surface area (Å²) in [5.41, 5.74) is -0.844. The highest BCUT2D eigenvalue weighted by Gasteiger charge is 2.46. The standard InChI is InChI=1S/C11H23FNO3P/c1-6-15-17(12)16-9-7-10(2,3)13(14)11(4,5)8-9/h9,14H,6-8H2,1-5H3. The first kappa shape index (κ1) is 15.3. The van der Waals surface area contributed by atoms with Crippen molar-refractivity contribution in [3.05, 3.63) is 0 Å². The summed E-state index contributed by atoms with van der Waals surface area (Å²) in [6.45, 7) is 9.74. The molecule has 1 heterocycles. The average molecular weight is 267 g/mol. The zero-order chi connectivity index (χ0) is 13.3. The molecule has 1 unspecified atom stereocenters. The molecule has 102 valence electrons. The largest absolute Gasteiger partial charge is 0.375 e. The lowest BCUT2D eigenvalue weighted by Gasteiger charge is -2.51. The number of hydrogen-bond acceptors (Lipinski definition) is 4. The van der Waals surface area contributed by atoms with Gasteiger partial charge in [-0.25, -0.2) is 0 Å². The van der Waals surface area contributed by atoms with Gasteiger partial charge in [0.2, 0.25) is 0 Å². The SMILES string of the molecule is CCOP(F)OC1CC(C)(C)N(O)C(C)(C)C1. The molecule has 0 amide bonds. The van der Waals surface area contributed by atoms with E-state index in [1.54, 1.807) is 6.92 Å². The van der Waals surface area contributed by atoms with Gasteiger partial charge in [0.15, 0.2) is 0 Å². The van der Waals surface area contributed by atoms with E-state index >= 15 is 0 Å². The Morgan fingerprint density at radius 3 is 2.18 bits per heavy atom. The zero-order valence-corrected chi connectivity index (χ0v) is 12.1. The summed E-state index contributed by atoms with van der Waals surface area (Å²) in [7, 11) is -2.30. The maximum absolute atomic E-state index is 13.3. The number of nitrogens with zero attached hydrogens (tertiary/aromatic N) is 1. The lowest BCUT2D eigenvalue weighted by Crippen LogP contribution is -2.60. The van der Waals surface area contributed by atoms with E-state index in [0.29, 0.717) is 19.4 Å². The first-order chi connectivity index (χ1) is 7.69. The third kappa shape index (κ3) is 3.83. The van der Waals surface area contributed by atoms with Crippen LogP contribution in [0.1, 0.15) is 47.5 Å². The maximum atomic E-state index is 13.3. The van der Waals surface area contributed by atoms with E-state index in [1.165, 1.54) is 5.06 Å². The number of piperidine rings is 1. The van der Waals surface area contributed by atoms with Crippen LogP contribution in [0.5, 0.6) is 0 Å². The minimum Gasteiger partial charge on any atom is -0.313 e. The van der Waals surface area contributed by atoms with Crippen molar-refractivity contribution in [1.29, 1.82) is 0 Å². The Morgan fingerprint density at radius 1 is 1.29 bits per heavy atom. The van der Waals surface area contributed by atoms with E-state index in [1.807, 2.05) is 27.7 Å². The Balaban J connectivity index is 2.65. The van der Waals surface area contributed by atoms with Crippen LogP contribution in [0, 0.1) is 0 Å². The van der Waals surface area contributed by atoms with Crippen molar-refractivity contribution < 1.29 is 18.5 Å². The van der Waals surface area contributed by atoms with Gasteiger partial charge in [0.25, 0.3) is 0 Å². The second-order valence-electron chi connectivity index (χ2n) is 5.70. The number of rotatable bonds is 4. The van der Waals surface area contributed by atoms with E-state index in [-0.39, 0.29) is 6.10 Å². The molecule has 0 aliphatic carbocycles. The molecule has 17 heavy (non-hydrogen) atoms. The average Bonchev–Trinajstić information content (AvgIpc) is 2.13. The molecule has 0 saturated carbocycles. The first-order valence-electron chi connectivity index (χ1n) is 5.94. The van der Waals surface area contributed by atoms with Crippen LogP contribution < -0.4 is 0 Å². The molecule has 0 spiro atoms. The highest BCUT2D eigenvalue weighted by atomic mass is 31.2. The molecule has 0 bridgehead atoms. The highest BCUT2D eigenvalue weighted by Crippen LogP contribution is 2.47. The number of halogens is 1. The van der Waals surface area contributed by atoms with Crippen molar-refractivity contribution >= 4 is 8.69 Å². The Hall–Kier alpha value is 0.200. The van der Waals surface area contributed by atoms with Crippen molar-refractivity contribution in [2.24, 2.45) is 0 Å². The van der Waals surface area contributed by atoms with Gasteiger partial charge in [0.05, 0.1) is 12.7 Å². The van der Waals surface area contributed by atoms with Crippen LogP contribution in [0.25, 0.3) is 0 Å². The van der Waals surface area contributed by atoms with Crippen molar-refractivity contribution in [1.82, 2.24) is 5.06 Å². The van der Waals surface area contributed by atoms with Gasteiger partial charge >= 0.3 is 8.69 Å². The molecule has 1 saturated heterocycles. The second kappa shape index (κ2) is 5.45. The van der Waals surface area contributed by atoms with Crippen LogP contribution >= 0.6 is 8.69 Å². The van der Waals surface area contributed by atoms with Crippen LogP contribution in [0.15, 0.2) is 0 Å². The molecule has 1 aliphatic rings. The van der Waals surface area contributed by atoms with Gasteiger partial charge in [0.1, 0.15) is 0 Å². The van der Waals surface area contributed by atoms with Gasteiger partial charge in [-0.15, -0.1) is 0 Å². The minimum absolute atomic E-state index is 0.217. The van der Waals surface area contributed by atoms with Gasteiger partial charge < -0.3 is 14.3 Å². The fourth-order valence-corrected chi connectivity index (χ4v) is 3.15. The maximum Gasteiger partial charge on any atom is 0.375 e. The van der Waals surface area contributed by atoms with Crippen LogP contribution in [0.3, 0.4) is 0 Å². The van der Waals surface area contributed by atoms with Crippen molar-refractivity contribution in [3.8, 4) is 0 Å². The molecule has 1 rings (SSSR count). The Kier molecular flexibility index (Phi) is 4.89. The highest BCUT2D eigenvalue weighted by molar-refractivity contribution is 7.41. The lowest BCUT2D eigenvalue weighted by molar-refractivity contribution is -0.255. The molecule has 0 aromatic carbocycles. The zero-order valence-electron chi connectivity index (χ0n) is 11.2. The lowest BCUT2D eigenvalue weighted by atomic mass is 9.80. The third-order valence-electron chi connectivity index (χ3n) is 3.06. The van der Waals surface area contributed by atoms with Gasteiger partial charge in [0, 0.05) is 11.1 Å².